The molecule has 0 aliphatic carbocycles. The Morgan fingerprint density at radius 2 is 1.76 bits per heavy atom. The molecule has 7 nitrogen and oxygen atoms in total. The maximum absolute atomic E-state index is 13.6. The summed E-state index contributed by atoms with van der Waals surface area (Å²) in [5.41, 5.74) is 5.59. The number of amidine groups is 1. The summed E-state index contributed by atoms with van der Waals surface area (Å²) in [4.78, 5) is 24.6. The molecule has 0 aromatic heterocycles. The zero-order valence-corrected chi connectivity index (χ0v) is 19.0. The lowest BCUT2D eigenvalue weighted by Gasteiger charge is -2.26. The Morgan fingerprint density at radius 1 is 1.15 bits per heavy atom. The summed E-state index contributed by atoms with van der Waals surface area (Å²) in [7, 11) is 0. The van der Waals surface area contributed by atoms with Gasteiger partial charge in [-0.3, -0.25) is 15.0 Å². The van der Waals surface area contributed by atoms with Crippen LogP contribution in [0.15, 0.2) is 54.2 Å². The van der Waals surface area contributed by atoms with E-state index in [1.807, 2.05) is 0 Å². The van der Waals surface area contributed by atoms with Crippen LogP contribution in [0.25, 0.3) is 0 Å². The SMILES string of the molecule is C[C@H](NC(=O)[C@@H](O)c1cccc(Cl)c1)C(=O)NC(=N)C=C(N)C(C)(C)c1cc(F)cc(F)c1. The Kier molecular flexibility index (Phi) is 8.29. The van der Waals surface area contributed by atoms with Crippen molar-refractivity contribution in [1.82, 2.24) is 10.6 Å². The number of nitrogens with two attached hydrogens (primary N) is 1. The van der Waals surface area contributed by atoms with Crippen molar-refractivity contribution in [1.29, 1.82) is 5.41 Å². The molecule has 0 radical (unpaired) electrons. The van der Waals surface area contributed by atoms with Gasteiger partial charge in [0.25, 0.3) is 5.91 Å². The van der Waals surface area contributed by atoms with E-state index in [4.69, 9.17) is 22.7 Å². The normalized spacial score (nSPS) is 13.7. The van der Waals surface area contributed by atoms with Crippen molar-refractivity contribution in [3.8, 4) is 0 Å². The summed E-state index contributed by atoms with van der Waals surface area (Å²) < 4.78 is 27.2. The highest BCUT2D eigenvalue weighted by Crippen LogP contribution is 2.29. The second-order valence-electron chi connectivity index (χ2n) is 7.97. The van der Waals surface area contributed by atoms with Crippen molar-refractivity contribution in [3.05, 3.63) is 82.0 Å². The van der Waals surface area contributed by atoms with Gasteiger partial charge in [-0.2, -0.15) is 0 Å². The second-order valence-corrected chi connectivity index (χ2v) is 8.41. The second kappa shape index (κ2) is 10.5. The highest BCUT2D eigenvalue weighted by atomic mass is 35.5. The van der Waals surface area contributed by atoms with Gasteiger partial charge in [0.2, 0.25) is 5.91 Å². The van der Waals surface area contributed by atoms with E-state index in [1.165, 1.54) is 19.1 Å². The molecule has 0 spiro atoms. The van der Waals surface area contributed by atoms with Gasteiger partial charge in [0.05, 0.1) is 0 Å². The average molecular weight is 479 g/mol. The van der Waals surface area contributed by atoms with Gasteiger partial charge < -0.3 is 21.5 Å². The first-order valence-electron chi connectivity index (χ1n) is 9.88. The van der Waals surface area contributed by atoms with Gasteiger partial charge in [0.1, 0.15) is 23.5 Å². The molecule has 0 saturated heterocycles. The quantitative estimate of drug-likeness (QED) is 0.309. The maximum Gasteiger partial charge on any atom is 0.254 e. The van der Waals surface area contributed by atoms with Gasteiger partial charge in [0, 0.05) is 22.2 Å². The molecule has 176 valence electrons. The smallest absolute Gasteiger partial charge is 0.254 e. The fourth-order valence-electron chi connectivity index (χ4n) is 2.88. The number of carbonyl (C=O) groups excluding carboxylic acids is 2. The predicted molar refractivity (Wildman–Crippen MR) is 122 cm³/mol. The third kappa shape index (κ3) is 6.84. The van der Waals surface area contributed by atoms with E-state index >= 15 is 0 Å². The van der Waals surface area contributed by atoms with Crippen LogP contribution in [0.4, 0.5) is 8.78 Å². The number of allylic oxidation sites excluding steroid dienone is 1. The van der Waals surface area contributed by atoms with Crippen LogP contribution in [-0.4, -0.2) is 28.8 Å². The van der Waals surface area contributed by atoms with Crippen molar-refractivity contribution in [2.24, 2.45) is 5.73 Å². The van der Waals surface area contributed by atoms with Crippen LogP contribution in [0.3, 0.4) is 0 Å². The molecule has 0 heterocycles. The zero-order valence-electron chi connectivity index (χ0n) is 18.2. The lowest BCUT2D eigenvalue weighted by molar-refractivity contribution is -0.133. The summed E-state index contributed by atoms with van der Waals surface area (Å²) in [5.74, 6) is -3.47. The van der Waals surface area contributed by atoms with Crippen LogP contribution in [0, 0.1) is 17.0 Å². The molecule has 2 aromatic rings. The molecular weight excluding hydrogens is 454 g/mol. The van der Waals surface area contributed by atoms with E-state index in [9.17, 15) is 23.5 Å². The molecular formula is C23H25ClF2N4O3. The van der Waals surface area contributed by atoms with E-state index in [-0.39, 0.29) is 22.7 Å². The van der Waals surface area contributed by atoms with E-state index in [2.05, 4.69) is 10.6 Å². The molecule has 2 amide bonds. The molecule has 2 aromatic carbocycles. The Balaban J connectivity index is 2.02. The number of rotatable bonds is 7. The first kappa shape index (κ1) is 26.0. The molecule has 0 saturated carbocycles. The molecule has 0 unspecified atom stereocenters. The van der Waals surface area contributed by atoms with Gasteiger partial charge in [-0.15, -0.1) is 0 Å². The van der Waals surface area contributed by atoms with Crippen molar-refractivity contribution >= 4 is 29.3 Å². The lowest BCUT2D eigenvalue weighted by Crippen LogP contribution is -2.47. The molecule has 0 fully saturated rings. The van der Waals surface area contributed by atoms with Crippen molar-refractivity contribution < 1.29 is 23.5 Å². The molecule has 33 heavy (non-hydrogen) atoms. The Labute approximate surface area is 195 Å². The number of halogens is 3. The number of hydrogen-bond donors (Lipinski definition) is 5. The van der Waals surface area contributed by atoms with E-state index < -0.39 is 41.0 Å². The minimum atomic E-state index is -1.54. The first-order valence-corrected chi connectivity index (χ1v) is 10.3. The molecule has 0 aliphatic heterocycles. The Hall–Kier alpha value is -3.30. The third-order valence-corrected chi connectivity index (χ3v) is 5.26. The zero-order chi connectivity index (χ0) is 24.9. The molecule has 6 N–H and O–H groups in total. The van der Waals surface area contributed by atoms with Crippen LogP contribution >= 0.6 is 11.6 Å². The highest BCUT2D eigenvalue weighted by Gasteiger charge is 2.26. The summed E-state index contributed by atoms with van der Waals surface area (Å²) in [6.45, 7) is 4.60. The van der Waals surface area contributed by atoms with E-state index in [0.29, 0.717) is 5.02 Å². The number of carbonyl (C=O) groups is 2. The average Bonchev–Trinajstić information content (AvgIpc) is 2.72. The Bertz CT molecular complexity index is 1080. The molecule has 0 aliphatic rings. The fourth-order valence-corrected chi connectivity index (χ4v) is 3.08. The lowest BCUT2D eigenvalue weighted by atomic mass is 9.81. The predicted octanol–water partition coefficient (Wildman–Crippen LogP) is 3.07. The van der Waals surface area contributed by atoms with Crippen LogP contribution in [0.5, 0.6) is 0 Å². The van der Waals surface area contributed by atoms with Gasteiger partial charge >= 0.3 is 0 Å². The number of aliphatic hydroxyl groups excluding tert-OH is 1. The number of nitrogens with one attached hydrogen (secondary N) is 3. The molecule has 0 bridgehead atoms. The largest absolute Gasteiger partial charge is 0.401 e. The summed E-state index contributed by atoms with van der Waals surface area (Å²) in [5, 5.41) is 23.1. The molecule has 10 heteroatoms. The molecule has 2 atom stereocenters. The van der Waals surface area contributed by atoms with Gasteiger partial charge in [-0.1, -0.05) is 37.6 Å². The summed E-state index contributed by atoms with van der Waals surface area (Å²) >= 11 is 5.85. The van der Waals surface area contributed by atoms with Crippen molar-refractivity contribution in [2.75, 3.05) is 0 Å². The number of hydrogen-bond acceptors (Lipinski definition) is 5. The van der Waals surface area contributed by atoms with E-state index in [0.717, 1.165) is 24.3 Å². The fraction of sp³-hybridized carbons (Fsp3) is 0.261. The number of benzene rings is 2. The minimum absolute atomic E-state index is 0.0749. The summed E-state index contributed by atoms with van der Waals surface area (Å²) in [6, 6.07) is 8.00. The minimum Gasteiger partial charge on any atom is -0.401 e. The standard InChI is InChI=1S/C23H25ClF2N4O3/c1-12(29-22(33)20(31)13-5-4-6-15(24)7-13)21(32)30-19(28)11-18(27)23(2,3)14-8-16(25)10-17(26)9-14/h4-12,20,31H,27H2,1-3H3,(H,29,33)(H2,28,30,32)/t12-,20-/m0/s1. The molecule has 2 rings (SSSR count). The number of amides is 2. The monoisotopic (exact) mass is 478 g/mol. The van der Waals surface area contributed by atoms with Crippen LogP contribution < -0.4 is 16.4 Å². The Morgan fingerprint density at radius 3 is 2.33 bits per heavy atom. The van der Waals surface area contributed by atoms with E-state index in [1.54, 1.807) is 26.0 Å². The van der Waals surface area contributed by atoms with Gasteiger partial charge in [0.15, 0.2) is 6.10 Å². The number of aliphatic hydroxyl groups is 1. The van der Waals surface area contributed by atoms with Crippen LogP contribution in [0.2, 0.25) is 5.02 Å². The van der Waals surface area contributed by atoms with Crippen LogP contribution in [0.1, 0.15) is 38.0 Å². The van der Waals surface area contributed by atoms with Crippen molar-refractivity contribution in [2.45, 2.75) is 38.3 Å². The highest BCUT2D eigenvalue weighted by molar-refractivity contribution is 6.30. The topological polar surface area (TPSA) is 128 Å². The summed E-state index contributed by atoms with van der Waals surface area (Å²) in [6.07, 6.45) is -0.391. The van der Waals surface area contributed by atoms with Crippen molar-refractivity contribution in [3.63, 3.8) is 0 Å². The third-order valence-electron chi connectivity index (χ3n) is 5.03. The van der Waals surface area contributed by atoms with Gasteiger partial charge in [-0.05, 0) is 48.4 Å². The maximum atomic E-state index is 13.6. The van der Waals surface area contributed by atoms with Gasteiger partial charge in [-0.25, -0.2) is 8.78 Å². The van der Waals surface area contributed by atoms with Crippen LogP contribution in [-0.2, 0) is 15.0 Å². The first-order chi connectivity index (χ1) is 15.3.